The van der Waals surface area contributed by atoms with Gasteiger partial charge >= 0.3 is 5.97 Å². The van der Waals surface area contributed by atoms with Crippen molar-refractivity contribution in [1.82, 2.24) is 0 Å². The largest absolute Gasteiger partial charge is 0.465 e. The number of methoxy groups -OCH3 is 1. The Kier molecular flexibility index (Phi) is 3.18. The second-order valence-electron chi connectivity index (χ2n) is 5.18. The van der Waals surface area contributed by atoms with E-state index in [1.165, 1.54) is 23.8 Å². The van der Waals surface area contributed by atoms with E-state index < -0.39 is 0 Å². The summed E-state index contributed by atoms with van der Waals surface area (Å²) >= 11 is 0. The predicted molar refractivity (Wildman–Crippen MR) is 79.0 cm³/mol. The standard InChI is InChI=1S/C17H17NO2/c1-11-4-3-5-12(8-11)15-9-13-6-7-14(17(19)20-2)10-16(13)18-15/h3-8,10,15,18H,9H2,1-2H3. The lowest BCUT2D eigenvalue weighted by Gasteiger charge is -2.12. The number of benzene rings is 2. The van der Waals surface area contributed by atoms with E-state index in [-0.39, 0.29) is 12.0 Å². The molecule has 1 unspecified atom stereocenters. The third kappa shape index (κ3) is 2.27. The normalized spacial score (nSPS) is 16.4. The fourth-order valence-electron chi connectivity index (χ4n) is 2.68. The Labute approximate surface area is 118 Å². The number of fused-ring (bicyclic) bond motifs is 1. The highest BCUT2D eigenvalue weighted by molar-refractivity contribution is 5.91. The zero-order valence-corrected chi connectivity index (χ0v) is 11.6. The smallest absolute Gasteiger partial charge is 0.337 e. The van der Waals surface area contributed by atoms with Crippen molar-refractivity contribution in [2.45, 2.75) is 19.4 Å². The average Bonchev–Trinajstić information content (AvgIpc) is 2.89. The first-order valence-electron chi connectivity index (χ1n) is 6.72. The maximum Gasteiger partial charge on any atom is 0.337 e. The van der Waals surface area contributed by atoms with E-state index in [1.807, 2.05) is 18.2 Å². The molecule has 1 N–H and O–H groups in total. The summed E-state index contributed by atoms with van der Waals surface area (Å²) in [5.41, 5.74) is 5.39. The van der Waals surface area contributed by atoms with E-state index in [9.17, 15) is 4.79 Å². The van der Waals surface area contributed by atoms with Crippen LogP contribution in [0, 0.1) is 6.92 Å². The van der Waals surface area contributed by atoms with E-state index in [4.69, 9.17) is 4.74 Å². The molecule has 0 fully saturated rings. The van der Waals surface area contributed by atoms with E-state index >= 15 is 0 Å². The maximum absolute atomic E-state index is 11.6. The monoisotopic (exact) mass is 267 g/mol. The Morgan fingerprint density at radius 3 is 2.85 bits per heavy atom. The predicted octanol–water partition coefficient (Wildman–Crippen LogP) is 3.49. The zero-order valence-electron chi connectivity index (χ0n) is 11.6. The summed E-state index contributed by atoms with van der Waals surface area (Å²) < 4.78 is 4.76. The van der Waals surface area contributed by atoms with Crippen LogP contribution in [0.1, 0.15) is 33.1 Å². The van der Waals surface area contributed by atoms with Gasteiger partial charge in [0.1, 0.15) is 0 Å². The van der Waals surface area contributed by atoms with Gasteiger partial charge in [0, 0.05) is 5.69 Å². The average molecular weight is 267 g/mol. The van der Waals surface area contributed by atoms with Gasteiger partial charge in [0.05, 0.1) is 18.7 Å². The first-order valence-corrected chi connectivity index (χ1v) is 6.72. The van der Waals surface area contributed by atoms with E-state index in [0.29, 0.717) is 5.56 Å². The van der Waals surface area contributed by atoms with Crippen LogP contribution in [0.3, 0.4) is 0 Å². The minimum atomic E-state index is -0.298. The van der Waals surface area contributed by atoms with Crippen LogP contribution in [-0.2, 0) is 11.2 Å². The van der Waals surface area contributed by atoms with Crippen molar-refractivity contribution in [3.05, 3.63) is 64.7 Å². The topological polar surface area (TPSA) is 38.3 Å². The molecule has 0 saturated carbocycles. The molecular formula is C17H17NO2. The molecule has 102 valence electrons. The van der Waals surface area contributed by atoms with Gasteiger partial charge in [-0.15, -0.1) is 0 Å². The van der Waals surface area contributed by atoms with Crippen molar-refractivity contribution < 1.29 is 9.53 Å². The summed E-state index contributed by atoms with van der Waals surface area (Å²) in [6, 6.07) is 14.5. The molecule has 0 amide bonds. The van der Waals surface area contributed by atoms with Crippen LogP contribution in [0.5, 0.6) is 0 Å². The molecular weight excluding hydrogens is 250 g/mol. The SMILES string of the molecule is COC(=O)c1ccc2c(c1)NC(c1cccc(C)c1)C2. The highest BCUT2D eigenvalue weighted by Gasteiger charge is 2.23. The Hall–Kier alpha value is -2.29. The third-order valence-corrected chi connectivity index (χ3v) is 3.73. The fraction of sp³-hybridized carbons (Fsp3) is 0.235. The number of esters is 1. The highest BCUT2D eigenvalue weighted by atomic mass is 16.5. The third-order valence-electron chi connectivity index (χ3n) is 3.73. The number of rotatable bonds is 2. The van der Waals surface area contributed by atoms with Crippen LogP contribution >= 0.6 is 0 Å². The van der Waals surface area contributed by atoms with Crippen LogP contribution < -0.4 is 5.32 Å². The molecule has 20 heavy (non-hydrogen) atoms. The first-order chi connectivity index (χ1) is 9.67. The summed E-state index contributed by atoms with van der Waals surface area (Å²) in [6.45, 7) is 2.10. The van der Waals surface area contributed by atoms with Gasteiger partial charge in [-0.25, -0.2) is 4.79 Å². The molecule has 0 aromatic heterocycles. The molecule has 3 rings (SSSR count). The van der Waals surface area contributed by atoms with Crippen molar-refractivity contribution in [3.63, 3.8) is 0 Å². The molecule has 1 heterocycles. The van der Waals surface area contributed by atoms with Crippen LogP contribution in [0.15, 0.2) is 42.5 Å². The molecule has 0 radical (unpaired) electrons. The van der Waals surface area contributed by atoms with Crippen LogP contribution in [0.2, 0.25) is 0 Å². The van der Waals surface area contributed by atoms with Gasteiger partial charge in [0.2, 0.25) is 0 Å². The van der Waals surface area contributed by atoms with E-state index in [2.05, 4.69) is 36.5 Å². The quantitative estimate of drug-likeness (QED) is 0.846. The molecule has 3 heteroatoms. The summed E-state index contributed by atoms with van der Waals surface area (Å²) in [5.74, 6) is -0.298. The Balaban J connectivity index is 1.87. The number of hydrogen-bond donors (Lipinski definition) is 1. The molecule has 1 aliphatic rings. The second-order valence-corrected chi connectivity index (χ2v) is 5.18. The van der Waals surface area contributed by atoms with Crippen molar-refractivity contribution in [2.75, 3.05) is 12.4 Å². The van der Waals surface area contributed by atoms with Gasteiger partial charge in [-0.1, -0.05) is 35.9 Å². The fourth-order valence-corrected chi connectivity index (χ4v) is 2.68. The molecule has 1 atom stereocenters. The maximum atomic E-state index is 11.6. The summed E-state index contributed by atoms with van der Waals surface area (Å²) in [4.78, 5) is 11.6. The van der Waals surface area contributed by atoms with Gasteiger partial charge in [0.15, 0.2) is 0 Å². The Bertz CT molecular complexity index is 664. The number of carbonyl (C=O) groups excluding carboxylic acids is 1. The van der Waals surface area contributed by atoms with Crippen LogP contribution in [0.25, 0.3) is 0 Å². The minimum absolute atomic E-state index is 0.276. The molecule has 0 bridgehead atoms. The van der Waals surface area contributed by atoms with E-state index in [0.717, 1.165) is 12.1 Å². The second kappa shape index (κ2) is 5.00. The number of hydrogen-bond acceptors (Lipinski definition) is 3. The first kappa shape index (κ1) is 12.7. The van der Waals surface area contributed by atoms with E-state index in [1.54, 1.807) is 0 Å². The van der Waals surface area contributed by atoms with Crippen molar-refractivity contribution >= 4 is 11.7 Å². The lowest BCUT2D eigenvalue weighted by atomic mass is 10.0. The zero-order chi connectivity index (χ0) is 14.1. The van der Waals surface area contributed by atoms with Gasteiger partial charge in [-0.2, -0.15) is 0 Å². The van der Waals surface area contributed by atoms with Gasteiger partial charge in [-0.3, -0.25) is 0 Å². The molecule has 0 aliphatic carbocycles. The van der Waals surface area contributed by atoms with Crippen molar-refractivity contribution in [3.8, 4) is 0 Å². The number of nitrogens with one attached hydrogen (secondary N) is 1. The lowest BCUT2D eigenvalue weighted by molar-refractivity contribution is 0.0601. The number of anilines is 1. The van der Waals surface area contributed by atoms with Crippen LogP contribution in [-0.4, -0.2) is 13.1 Å². The molecule has 0 saturated heterocycles. The highest BCUT2D eigenvalue weighted by Crippen LogP contribution is 2.35. The van der Waals surface area contributed by atoms with Gasteiger partial charge in [0.25, 0.3) is 0 Å². The molecule has 2 aromatic rings. The van der Waals surface area contributed by atoms with Gasteiger partial charge < -0.3 is 10.1 Å². The van der Waals surface area contributed by atoms with Crippen LogP contribution in [0.4, 0.5) is 5.69 Å². The number of carbonyl (C=O) groups is 1. The molecule has 3 nitrogen and oxygen atoms in total. The van der Waals surface area contributed by atoms with Crippen molar-refractivity contribution in [2.24, 2.45) is 0 Å². The van der Waals surface area contributed by atoms with Crippen molar-refractivity contribution in [1.29, 1.82) is 0 Å². The van der Waals surface area contributed by atoms with Gasteiger partial charge in [-0.05, 0) is 36.6 Å². The molecule has 0 spiro atoms. The Morgan fingerprint density at radius 2 is 2.10 bits per heavy atom. The molecule has 1 aliphatic heterocycles. The summed E-state index contributed by atoms with van der Waals surface area (Å²) in [7, 11) is 1.40. The lowest BCUT2D eigenvalue weighted by Crippen LogP contribution is -2.06. The number of ether oxygens (including phenoxy) is 1. The number of aryl methyl sites for hydroxylation is 1. The molecule has 2 aromatic carbocycles. The summed E-state index contributed by atoms with van der Waals surface area (Å²) in [6.07, 6.45) is 0.945. The Morgan fingerprint density at radius 1 is 1.25 bits per heavy atom. The minimum Gasteiger partial charge on any atom is -0.465 e. The summed E-state index contributed by atoms with van der Waals surface area (Å²) in [5, 5.41) is 3.49.